The number of carbonyl (C=O) groups is 3. The van der Waals surface area contributed by atoms with Gasteiger partial charge in [0.15, 0.2) is 5.78 Å². The van der Waals surface area contributed by atoms with Crippen molar-refractivity contribution in [3.8, 4) is 11.5 Å². The van der Waals surface area contributed by atoms with E-state index in [0.717, 1.165) is 23.8 Å². The van der Waals surface area contributed by atoms with Crippen LogP contribution in [0.5, 0.6) is 11.5 Å². The molecule has 0 radical (unpaired) electrons. The molecule has 0 aromatic heterocycles. The van der Waals surface area contributed by atoms with Gasteiger partial charge in [-0.25, -0.2) is 0 Å². The number of carbonyl (C=O) groups excluding carboxylic acids is 3. The van der Waals surface area contributed by atoms with E-state index in [1.165, 1.54) is 13.0 Å². The summed E-state index contributed by atoms with van der Waals surface area (Å²) in [6, 6.07) is 2.25. The lowest BCUT2D eigenvalue weighted by Gasteiger charge is -2.18. The summed E-state index contributed by atoms with van der Waals surface area (Å²) in [5.74, 6) is -2.98. The Morgan fingerprint density at radius 1 is 1.00 bits per heavy atom. The van der Waals surface area contributed by atoms with E-state index in [1.54, 1.807) is 6.08 Å². The molecule has 0 aliphatic heterocycles. The fourth-order valence-electron chi connectivity index (χ4n) is 2.22. The van der Waals surface area contributed by atoms with E-state index >= 15 is 0 Å². The molecule has 0 unspecified atom stereocenters. The summed E-state index contributed by atoms with van der Waals surface area (Å²) < 4.78 is 5.04. The maximum atomic E-state index is 12.7. The Kier molecular flexibility index (Phi) is 4.69. The Bertz CT molecular complexity index is 835. The Morgan fingerprint density at radius 3 is 2.12 bits per heavy atom. The van der Waals surface area contributed by atoms with Crippen LogP contribution in [-0.4, -0.2) is 27.7 Å². The number of phenolic OH excluding ortho intramolecular Hbond substituents is 2. The highest BCUT2D eigenvalue weighted by atomic mass is 16.5. The number of hydrogen-bond donors (Lipinski definition) is 2. The highest BCUT2D eigenvalue weighted by molar-refractivity contribution is 6.28. The van der Waals surface area contributed by atoms with Crippen LogP contribution in [0.4, 0.5) is 0 Å². The molecule has 2 N–H and O–H groups in total. The van der Waals surface area contributed by atoms with Crippen LogP contribution in [0.1, 0.15) is 41.5 Å². The van der Waals surface area contributed by atoms with E-state index in [0.29, 0.717) is 0 Å². The van der Waals surface area contributed by atoms with E-state index in [1.807, 2.05) is 13.8 Å². The third kappa shape index (κ3) is 3.27. The van der Waals surface area contributed by atoms with Crippen molar-refractivity contribution in [2.45, 2.75) is 20.8 Å². The number of phenols is 2. The van der Waals surface area contributed by atoms with Crippen LogP contribution in [0.3, 0.4) is 0 Å². The molecular weight excluding hydrogens is 312 g/mol. The summed E-state index contributed by atoms with van der Waals surface area (Å²) >= 11 is 0. The fourth-order valence-corrected chi connectivity index (χ4v) is 2.22. The topological polar surface area (TPSA) is 101 Å². The maximum absolute atomic E-state index is 12.7. The third-order valence-corrected chi connectivity index (χ3v) is 3.24. The molecule has 2 rings (SSSR count). The first-order valence-corrected chi connectivity index (χ1v) is 7.12. The van der Waals surface area contributed by atoms with Crippen molar-refractivity contribution in [3.05, 3.63) is 58.4 Å². The average Bonchev–Trinajstić information content (AvgIpc) is 2.49. The lowest BCUT2D eigenvalue weighted by atomic mass is 9.87. The van der Waals surface area contributed by atoms with Gasteiger partial charge in [-0.15, -0.1) is 0 Å². The summed E-state index contributed by atoms with van der Waals surface area (Å²) in [5, 5.41) is 19.7. The number of ether oxygens (including phenoxy) is 1. The van der Waals surface area contributed by atoms with Gasteiger partial charge < -0.3 is 14.9 Å². The van der Waals surface area contributed by atoms with Crippen LogP contribution in [0.2, 0.25) is 0 Å². The molecule has 0 heterocycles. The van der Waals surface area contributed by atoms with E-state index in [4.69, 9.17) is 4.74 Å². The fraction of sp³-hybridized carbons (Fsp3) is 0.167. The van der Waals surface area contributed by atoms with Crippen molar-refractivity contribution < 1.29 is 29.3 Å². The first-order valence-electron chi connectivity index (χ1n) is 7.12. The normalized spacial score (nSPS) is 14.0. The number of benzene rings is 1. The van der Waals surface area contributed by atoms with Crippen LogP contribution in [0.25, 0.3) is 0 Å². The summed E-state index contributed by atoms with van der Waals surface area (Å²) in [7, 11) is 0. The van der Waals surface area contributed by atoms with Crippen molar-refractivity contribution in [1.82, 2.24) is 0 Å². The molecule has 0 saturated carbocycles. The predicted molar refractivity (Wildman–Crippen MR) is 85.8 cm³/mol. The van der Waals surface area contributed by atoms with E-state index < -0.39 is 29.0 Å². The molecule has 1 aromatic carbocycles. The molecule has 0 amide bonds. The van der Waals surface area contributed by atoms with Crippen LogP contribution < -0.4 is 0 Å². The summed E-state index contributed by atoms with van der Waals surface area (Å²) in [4.78, 5) is 36.2. The minimum Gasteiger partial charge on any atom is -0.507 e. The summed E-state index contributed by atoms with van der Waals surface area (Å²) in [6.45, 7) is 4.79. The van der Waals surface area contributed by atoms with Gasteiger partial charge in [-0.3, -0.25) is 14.4 Å². The Morgan fingerprint density at radius 2 is 1.58 bits per heavy atom. The summed E-state index contributed by atoms with van der Waals surface area (Å²) in [6.07, 6.45) is 4.00. The molecule has 24 heavy (non-hydrogen) atoms. The molecule has 0 atom stereocenters. The minimum atomic E-state index is -0.715. The van der Waals surface area contributed by atoms with Crippen LogP contribution in [-0.2, 0) is 9.53 Å². The molecule has 0 bridgehead atoms. The van der Waals surface area contributed by atoms with Crippen molar-refractivity contribution in [2.75, 3.05) is 0 Å². The Labute approximate surface area is 138 Å². The number of ketones is 2. The number of fused-ring (bicyclic) bond motifs is 1. The van der Waals surface area contributed by atoms with E-state index in [2.05, 4.69) is 0 Å². The zero-order valence-electron chi connectivity index (χ0n) is 13.4. The second-order valence-corrected chi connectivity index (χ2v) is 5.47. The zero-order chi connectivity index (χ0) is 18.0. The van der Waals surface area contributed by atoms with Crippen molar-refractivity contribution in [3.63, 3.8) is 0 Å². The minimum absolute atomic E-state index is 0.101. The van der Waals surface area contributed by atoms with Gasteiger partial charge in [0.1, 0.15) is 17.3 Å². The van der Waals surface area contributed by atoms with Crippen molar-refractivity contribution in [2.24, 2.45) is 0 Å². The molecule has 0 fully saturated rings. The molecule has 1 aliphatic carbocycles. The maximum Gasteiger partial charge on any atom is 0.308 e. The molecule has 1 aliphatic rings. The number of aromatic hydroxyl groups is 2. The number of rotatable bonds is 3. The lowest BCUT2D eigenvalue weighted by molar-refractivity contribution is -0.136. The second-order valence-electron chi connectivity index (χ2n) is 5.47. The second kappa shape index (κ2) is 6.54. The lowest BCUT2D eigenvalue weighted by Crippen LogP contribution is -2.20. The van der Waals surface area contributed by atoms with Crippen LogP contribution in [0, 0.1) is 0 Å². The van der Waals surface area contributed by atoms with Crippen LogP contribution in [0.15, 0.2) is 47.3 Å². The Balaban J connectivity index is 2.63. The predicted octanol–water partition coefficient (Wildman–Crippen LogP) is 2.82. The number of hydrogen-bond acceptors (Lipinski definition) is 6. The van der Waals surface area contributed by atoms with Gasteiger partial charge in [0.25, 0.3) is 0 Å². The zero-order valence-corrected chi connectivity index (χ0v) is 13.4. The van der Waals surface area contributed by atoms with Gasteiger partial charge in [0, 0.05) is 13.0 Å². The van der Waals surface area contributed by atoms with Gasteiger partial charge in [-0.1, -0.05) is 11.6 Å². The Hall–Kier alpha value is -3.15. The number of Topliss-reactive ketones (excluding diaryl/α,β-unsaturated/α-hetero) is 1. The van der Waals surface area contributed by atoms with Crippen molar-refractivity contribution >= 4 is 17.5 Å². The standard InChI is InChI=1S/C18H16O6/c1-9(2)4-7-15(24-10(3)19)11-8-14(22)16-12(20)5-6-13(21)17(16)18(11)23/h4-8,20-21H,1-3H3. The number of allylic oxidation sites excluding steroid dienone is 5. The quantitative estimate of drug-likeness (QED) is 0.383. The molecule has 0 spiro atoms. The molecule has 0 saturated heterocycles. The smallest absolute Gasteiger partial charge is 0.308 e. The molecule has 6 nitrogen and oxygen atoms in total. The van der Waals surface area contributed by atoms with Crippen LogP contribution >= 0.6 is 0 Å². The molecule has 124 valence electrons. The first kappa shape index (κ1) is 17.2. The van der Waals surface area contributed by atoms with Crippen molar-refractivity contribution in [1.29, 1.82) is 0 Å². The largest absolute Gasteiger partial charge is 0.507 e. The SMILES string of the molecule is CC(=O)OC(=CC=C(C)C)C1=CC(=O)c2c(O)ccc(O)c2C1=O. The van der Waals surface area contributed by atoms with E-state index in [-0.39, 0.29) is 22.5 Å². The average molecular weight is 328 g/mol. The van der Waals surface area contributed by atoms with Gasteiger partial charge in [-0.05, 0) is 32.1 Å². The van der Waals surface area contributed by atoms with Gasteiger partial charge in [0.2, 0.25) is 5.78 Å². The molecule has 6 heteroatoms. The summed E-state index contributed by atoms with van der Waals surface area (Å²) in [5.41, 5.74) is 0.137. The van der Waals surface area contributed by atoms with Gasteiger partial charge in [-0.2, -0.15) is 0 Å². The first-order chi connectivity index (χ1) is 11.2. The highest BCUT2D eigenvalue weighted by Gasteiger charge is 2.33. The monoisotopic (exact) mass is 328 g/mol. The number of esters is 1. The van der Waals surface area contributed by atoms with E-state index in [9.17, 15) is 24.6 Å². The molecular formula is C18H16O6. The molecule has 1 aromatic rings. The highest BCUT2D eigenvalue weighted by Crippen LogP contribution is 2.36. The van der Waals surface area contributed by atoms with Gasteiger partial charge in [0.05, 0.1) is 16.7 Å². The van der Waals surface area contributed by atoms with Gasteiger partial charge >= 0.3 is 5.97 Å². The third-order valence-electron chi connectivity index (χ3n) is 3.24.